The van der Waals surface area contributed by atoms with Crippen LogP contribution < -0.4 is 10.6 Å². The summed E-state index contributed by atoms with van der Waals surface area (Å²) in [4.78, 5) is 11.0. The molecule has 110 valence electrons. The van der Waals surface area contributed by atoms with Gasteiger partial charge in [-0.1, -0.05) is 23.7 Å². The number of rotatable bonds is 4. The molecule has 0 heterocycles. The highest BCUT2D eigenvalue weighted by molar-refractivity contribution is 6.32. The Hall–Kier alpha value is -2.27. The summed E-state index contributed by atoms with van der Waals surface area (Å²) in [5.74, 6) is -0.851. The van der Waals surface area contributed by atoms with Crippen LogP contribution in [0.15, 0.2) is 36.4 Å². The van der Waals surface area contributed by atoms with E-state index in [1.54, 1.807) is 24.3 Å². The van der Waals surface area contributed by atoms with Crippen molar-refractivity contribution >= 4 is 28.9 Å². The van der Waals surface area contributed by atoms with Crippen molar-refractivity contribution in [3.63, 3.8) is 0 Å². The molecular weight excluding hydrogens is 295 g/mol. The number of aromatic hydroxyl groups is 1. The van der Waals surface area contributed by atoms with E-state index in [-0.39, 0.29) is 22.4 Å². The van der Waals surface area contributed by atoms with Gasteiger partial charge in [-0.25, -0.2) is 4.39 Å². The maximum absolute atomic E-state index is 13.5. The van der Waals surface area contributed by atoms with E-state index in [2.05, 4.69) is 10.6 Å². The van der Waals surface area contributed by atoms with Crippen LogP contribution in [-0.2, 0) is 11.3 Å². The van der Waals surface area contributed by atoms with Crippen molar-refractivity contribution in [1.82, 2.24) is 0 Å². The van der Waals surface area contributed by atoms with E-state index >= 15 is 0 Å². The summed E-state index contributed by atoms with van der Waals surface area (Å²) < 4.78 is 13.5. The number of carbonyl (C=O) groups excluding carboxylic acids is 1. The molecule has 0 bridgehead atoms. The molecule has 0 atom stereocenters. The number of hydrogen-bond donors (Lipinski definition) is 3. The first-order chi connectivity index (χ1) is 9.97. The van der Waals surface area contributed by atoms with Gasteiger partial charge in [-0.2, -0.15) is 0 Å². The Morgan fingerprint density at radius 3 is 2.81 bits per heavy atom. The minimum Gasteiger partial charge on any atom is -0.506 e. The van der Waals surface area contributed by atoms with Gasteiger partial charge < -0.3 is 15.7 Å². The smallest absolute Gasteiger partial charge is 0.221 e. The fourth-order valence-corrected chi connectivity index (χ4v) is 2.01. The Balaban J connectivity index is 2.13. The summed E-state index contributed by atoms with van der Waals surface area (Å²) in [6, 6.07) is 9.33. The van der Waals surface area contributed by atoms with Crippen LogP contribution in [0.4, 0.5) is 15.8 Å². The van der Waals surface area contributed by atoms with E-state index < -0.39 is 5.82 Å². The van der Waals surface area contributed by atoms with Gasteiger partial charge >= 0.3 is 0 Å². The lowest BCUT2D eigenvalue weighted by molar-refractivity contribution is -0.114. The zero-order chi connectivity index (χ0) is 15.4. The van der Waals surface area contributed by atoms with Crippen molar-refractivity contribution < 1.29 is 14.3 Å². The fourth-order valence-electron chi connectivity index (χ4n) is 1.82. The third-order valence-corrected chi connectivity index (χ3v) is 3.14. The van der Waals surface area contributed by atoms with Crippen molar-refractivity contribution in [2.45, 2.75) is 13.5 Å². The van der Waals surface area contributed by atoms with Gasteiger partial charge in [0.1, 0.15) is 11.6 Å². The van der Waals surface area contributed by atoms with Crippen LogP contribution in [-0.4, -0.2) is 11.0 Å². The molecule has 0 unspecified atom stereocenters. The van der Waals surface area contributed by atoms with Gasteiger partial charge in [-0.15, -0.1) is 0 Å². The molecule has 0 radical (unpaired) electrons. The van der Waals surface area contributed by atoms with E-state index in [9.17, 15) is 14.3 Å². The molecule has 0 saturated carbocycles. The molecule has 0 aromatic heterocycles. The molecule has 1 amide bonds. The number of anilines is 2. The van der Waals surface area contributed by atoms with E-state index in [0.29, 0.717) is 17.8 Å². The second-order valence-electron chi connectivity index (χ2n) is 4.48. The van der Waals surface area contributed by atoms with Gasteiger partial charge in [0.15, 0.2) is 0 Å². The number of amides is 1. The van der Waals surface area contributed by atoms with Crippen LogP contribution in [0.25, 0.3) is 0 Å². The number of para-hydroxylation sites is 1. The molecule has 0 saturated heterocycles. The monoisotopic (exact) mass is 308 g/mol. The zero-order valence-corrected chi connectivity index (χ0v) is 12.0. The molecule has 0 aliphatic rings. The highest BCUT2D eigenvalue weighted by atomic mass is 35.5. The lowest BCUT2D eigenvalue weighted by Gasteiger charge is -2.11. The highest BCUT2D eigenvalue weighted by Gasteiger charge is 2.07. The third-order valence-electron chi connectivity index (χ3n) is 2.83. The van der Waals surface area contributed by atoms with E-state index in [0.717, 1.165) is 0 Å². The van der Waals surface area contributed by atoms with Crippen LogP contribution in [0.2, 0.25) is 5.02 Å². The van der Waals surface area contributed by atoms with E-state index in [4.69, 9.17) is 11.6 Å². The largest absolute Gasteiger partial charge is 0.506 e. The maximum Gasteiger partial charge on any atom is 0.221 e. The molecule has 6 heteroatoms. The van der Waals surface area contributed by atoms with Crippen molar-refractivity contribution in [3.05, 3.63) is 52.8 Å². The van der Waals surface area contributed by atoms with Gasteiger partial charge in [-0.05, 0) is 24.3 Å². The van der Waals surface area contributed by atoms with Gasteiger partial charge in [0.05, 0.1) is 10.7 Å². The predicted molar refractivity (Wildman–Crippen MR) is 81.1 cm³/mol. The van der Waals surface area contributed by atoms with Crippen LogP contribution in [0.3, 0.4) is 0 Å². The van der Waals surface area contributed by atoms with Crippen LogP contribution >= 0.6 is 11.6 Å². The SMILES string of the molecule is CC(=O)Nc1cc(NCc2cccc(Cl)c2O)ccc1F. The van der Waals surface area contributed by atoms with E-state index in [1.807, 2.05) is 0 Å². The molecule has 0 aliphatic carbocycles. The topological polar surface area (TPSA) is 61.4 Å². The Morgan fingerprint density at radius 1 is 1.33 bits per heavy atom. The number of nitrogens with one attached hydrogen (secondary N) is 2. The van der Waals surface area contributed by atoms with Gasteiger partial charge in [-0.3, -0.25) is 4.79 Å². The molecule has 2 aromatic rings. The molecule has 2 aromatic carbocycles. The molecule has 4 nitrogen and oxygen atoms in total. The zero-order valence-electron chi connectivity index (χ0n) is 11.3. The van der Waals surface area contributed by atoms with Crippen molar-refractivity contribution in [1.29, 1.82) is 0 Å². The minimum atomic E-state index is -0.513. The Bertz CT molecular complexity index is 677. The summed E-state index contributed by atoms with van der Waals surface area (Å²) in [7, 11) is 0. The standard InChI is InChI=1S/C15H14ClFN2O2/c1-9(20)19-14-7-11(5-6-13(14)17)18-8-10-3-2-4-12(16)15(10)21/h2-7,18,21H,8H2,1H3,(H,19,20). The molecule has 21 heavy (non-hydrogen) atoms. The van der Waals surface area contributed by atoms with Crippen molar-refractivity contribution in [2.24, 2.45) is 0 Å². The first kappa shape index (κ1) is 15.1. The van der Waals surface area contributed by atoms with Gasteiger partial charge in [0.25, 0.3) is 0 Å². The lowest BCUT2D eigenvalue weighted by atomic mass is 10.2. The molecule has 0 fully saturated rings. The number of phenolic OH excluding ortho intramolecular Hbond substituents is 1. The van der Waals surface area contributed by atoms with Crippen LogP contribution in [0, 0.1) is 5.82 Å². The van der Waals surface area contributed by atoms with Crippen LogP contribution in [0.5, 0.6) is 5.75 Å². The number of phenols is 1. The average molecular weight is 309 g/mol. The van der Waals surface area contributed by atoms with Crippen molar-refractivity contribution in [2.75, 3.05) is 10.6 Å². The normalized spacial score (nSPS) is 10.2. The number of hydrogen-bond acceptors (Lipinski definition) is 3. The first-order valence-corrected chi connectivity index (χ1v) is 6.62. The van der Waals surface area contributed by atoms with Crippen LogP contribution in [0.1, 0.15) is 12.5 Å². The second kappa shape index (κ2) is 6.45. The Labute approximate surface area is 126 Å². The number of benzene rings is 2. The number of carbonyl (C=O) groups is 1. The summed E-state index contributed by atoms with van der Waals surface area (Å²) in [5.41, 5.74) is 1.33. The summed E-state index contributed by atoms with van der Waals surface area (Å²) >= 11 is 5.82. The first-order valence-electron chi connectivity index (χ1n) is 6.24. The van der Waals surface area contributed by atoms with Gasteiger partial charge in [0.2, 0.25) is 5.91 Å². The van der Waals surface area contributed by atoms with Gasteiger partial charge in [0, 0.05) is 24.7 Å². The Kier molecular flexibility index (Phi) is 4.65. The van der Waals surface area contributed by atoms with Crippen molar-refractivity contribution in [3.8, 4) is 5.75 Å². The summed E-state index contributed by atoms with van der Waals surface area (Å²) in [5, 5.41) is 15.5. The fraction of sp³-hybridized carbons (Fsp3) is 0.133. The molecule has 0 aliphatic heterocycles. The molecule has 3 N–H and O–H groups in total. The average Bonchev–Trinajstić information content (AvgIpc) is 2.43. The quantitative estimate of drug-likeness (QED) is 0.806. The molecular formula is C15H14ClFN2O2. The minimum absolute atomic E-state index is 0.0101. The highest BCUT2D eigenvalue weighted by Crippen LogP contribution is 2.28. The lowest BCUT2D eigenvalue weighted by Crippen LogP contribution is -2.08. The predicted octanol–water partition coefficient (Wildman–Crippen LogP) is 3.76. The maximum atomic E-state index is 13.5. The molecule has 0 spiro atoms. The second-order valence-corrected chi connectivity index (χ2v) is 4.88. The third kappa shape index (κ3) is 3.86. The Morgan fingerprint density at radius 2 is 2.10 bits per heavy atom. The molecule has 2 rings (SSSR count). The summed E-state index contributed by atoms with van der Waals surface area (Å²) in [6.07, 6.45) is 0. The van der Waals surface area contributed by atoms with E-state index in [1.165, 1.54) is 19.1 Å². The summed E-state index contributed by atoms with van der Waals surface area (Å²) in [6.45, 7) is 1.63. The number of halogens is 2.